The van der Waals surface area contributed by atoms with Crippen molar-refractivity contribution >= 4 is 5.91 Å². The maximum absolute atomic E-state index is 12.5. The van der Waals surface area contributed by atoms with Crippen molar-refractivity contribution in [3.8, 4) is 5.75 Å². The van der Waals surface area contributed by atoms with Gasteiger partial charge >= 0.3 is 0 Å². The summed E-state index contributed by atoms with van der Waals surface area (Å²) in [5.74, 6) is 1.21. The largest absolute Gasteiger partial charge is 0.496 e. The molecule has 1 saturated heterocycles. The number of para-hydroxylation sites is 1. The first kappa shape index (κ1) is 14.9. The van der Waals surface area contributed by atoms with E-state index in [2.05, 4.69) is 11.9 Å². The number of hydrogen-bond donors (Lipinski definition) is 0. The fourth-order valence-corrected chi connectivity index (χ4v) is 2.85. The second-order valence-electron chi connectivity index (χ2n) is 5.61. The molecule has 0 aliphatic carbocycles. The summed E-state index contributed by atoms with van der Waals surface area (Å²) in [4.78, 5) is 16.6. The van der Waals surface area contributed by atoms with Crippen LogP contribution in [0, 0.1) is 5.92 Å². The van der Waals surface area contributed by atoms with Crippen molar-refractivity contribution in [1.29, 1.82) is 0 Å². The number of hydrogen-bond acceptors (Lipinski definition) is 3. The van der Waals surface area contributed by atoms with Crippen LogP contribution >= 0.6 is 0 Å². The Morgan fingerprint density at radius 1 is 1.45 bits per heavy atom. The van der Waals surface area contributed by atoms with E-state index in [9.17, 15) is 4.79 Å². The number of nitrogens with zero attached hydrogens (tertiary/aromatic N) is 2. The number of carbonyl (C=O) groups excluding carboxylic acids is 1. The highest BCUT2D eigenvalue weighted by molar-refractivity contribution is 5.79. The summed E-state index contributed by atoms with van der Waals surface area (Å²) >= 11 is 0. The highest BCUT2D eigenvalue weighted by atomic mass is 16.5. The summed E-state index contributed by atoms with van der Waals surface area (Å²) in [5, 5.41) is 0. The van der Waals surface area contributed by atoms with Gasteiger partial charge < -0.3 is 14.5 Å². The summed E-state index contributed by atoms with van der Waals surface area (Å²) < 4.78 is 5.34. The number of benzene rings is 1. The molecule has 20 heavy (non-hydrogen) atoms. The minimum Gasteiger partial charge on any atom is -0.496 e. The zero-order valence-corrected chi connectivity index (χ0v) is 12.6. The van der Waals surface area contributed by atoms with E-state index in [0.717, 1.165) is 37.2 Å². The second-order valence-corrected chi connectivity index (χ2v) is 5.61. The lowest BCUT2D eigenvalue weighted by molar-refractivity contribution is -0.136. The van der Waals surface area contributed by atoms with E-state index in [0.29, 0.717) is 6.54 Å². The van der Waals surface area contributed by atoms with E-state index >= 15 is 0 Å². The van der Waals surface area contributed by atoms with Crippen LogP contribution in [0.3, 0.4) is 0 Å². The quantitative estimate of drug-likeness (QED) is 0.843. The van der Waals surface area contributed by atoms with Crippen LogP contribution in [-0.4, -0.2) is 50.0 Å². The van der Waals surface area contributed by atoms with E-state index in [1.54, 1.807) is 7.11 Å². The van der Waals surface area contributed by atoms with Gasteiger partial charge in [-0.1, -0.05) is 18.2 Å². The minimum atomic E-state index is 0.133. The lowest BCUT2D eigenvalue weighted by atomic mass is 9.97. The first-order valence-electron chi connectivity index (χ1n) is 7.17. The van der Waals surface area contributed by atoms with Crippen molar-refractivity contribution < 1.29 is 9.53 Å². The van der Waals surface area contributed by atoms with Crippen molar-refractivity contribution in [2.24, 2.45) is 5.92 Å². The van der Waals surface area contributed by atoms with Gasteiger partial charge in [-0.25, -0.2) is 0 Å². The molecule has 0 bridgehead atoms. The van der Waals surface area contributed by atoms with Crippen LogP contribution in [0.15, 0.2) is 24.3 Å². The monoisotopic (exact) mass is 276 g/mol. The van der Waals surface area contributed by atoms with Crippen LogP contribution in [0.1, 0.15) is 18.4 Å². The van der Waals surface area contributed by atoms with Gasteiger partial charge in [-0.2, -0.15) is 0 Å². The van der Waals surface area contributed by atoms with Gasteiger partial charge in [0.2, 0.25) is 5.91 Å². The zero-order valence-electron chi connectivity index (χ0n) is 12.6. The van der Waals surface area contributed by atoms with Crippen molar-refractivity contribution in [3.63, 3.8) is 0 Å². The molecule has 0 saturated carbocycles. The Bertz CT molecular complexity index is 462. The average molecular weight is 276 g/mol. The Morgan fingerprint density at radius 2 is 2.20 bits per heavy atom. The molecule has 1 aliphatic heterocycles. The van der Waals surface area contributed by atoms with Crippen LogP contribution in [0.5, 0.6) is 5.75 Å². The van der Waals surface area contributed by atoms with Crippen LogP contribution in [-0.2, 0) is 11.3 Å². The molecule has 2 rings (SSSR count). The molecule has 1 atom stereocenters. The van der Waals surface area contributed by atoms with Gasteiger partial charge in [0, 0.05) is 25.7 Å². The molecular weight excluding hydrogens is 252 g/mol. The Balaban J connectivity index is 2.00. The van der Waals surface area contributed by atoms with Crippen molar-refractivity contribution in [1.82, 2.24) is 9.80 Å². The fourth-order valence-electron chi connectivity index (χ4n) is 2.85. The predicted molar refractivity (Wildman–Crippen MR) is 79.7 cm³/mol. The molecule has 1 heterocycles. The molecular formula is C16H24N2O2. The number of rotatable bonds is 4. The first-order valence-corrected chi connectivity index (χ1v) is 7.17. The molecule has 110 valence electrons. The topological polar surface area (TPSA) is 32.8 Å². The summed E-state index contributed by atoms with van der Waals surface area (Å²) in [5.41, 5.74) is 1.05. The van der Waals surface area contributed by atoms with Gasteiger partial charge in [0.15, 0.2) is 0 Å². The Hall–Kier alpha value is -1.55. The van der Waals surface area contributed by atoms with E-state index < -0.39 is 0 Å². The minimum absolute atomic E-state index is 0.133. The highest BCUT2D eigenvalue weighted by Crippen LogP contribution is 2.22. The van der Waals surface area contributed by atoms with Gasteiger partial charge in [0.25, 0.3) is 0 Å². The highest BCUT2D eigenvalue weighted by Gasteiger charge is 2.26. The normalized spacial score (nSPS) is 19.6. The Morgan fingerprint density at radius 3 is 2.90 bits per heavy atom. The third-order valence-corrected chi connectivity index (χ3v) is 3.95. The van der Waals surface area contributed by atoms with Crippen LogP contribution in [0.4, 0.5) is 0 Å². The van der Waals surface area contributed by atoms with Gasteiger partial charge in [0.1, 0.15) is 5.75 Å². The fraction of sp³-hybridized carbons (Fsp3) is 0.562. The third kappa shape index (κ3) is 3.51. The standard InChI is InChI=1S/C16H24N2O2/c1-17-10-6-8-14(11-17)16(19)18(2)12-13-7-4-5-9-15(13)20-3/h4-5,7,9,14H,6,8,10-12H2,1-3H3/t14-/m0/s1. The molecule has 1 aromatic rings. The molecule has 0 radical (unpaired) electrons. The van der Waals surface area contributed by atoms with Crippen molar-refractivity contribution in [3.05, 3.63) is 29.8 Å². The van der Waals surface area contributed by atoms with E-state index in [1.807, 2.05) is 36.2 Å². The summed E-state index contributed by atoms with van der Waals surface area (Å²) in [7, 11) is 5.62. The number of carbonyl (C=O) groups is 1. The van der Waals surface area contributed by atoms with Crippen LogP contribution < -0.4 is 4.74 Å². The predicted octanol–water partition coefficient (Wildman–Crippen LogP) is 2.00. The summed E-state index contributed by atoms with van der Waals surface area (Å²) in [6.07, 6.45) is 2.11. The SMILES string of the molecule is COc1ccccc1CN(C)C(=O)[C@H]1CCCN(C)C1. The molecule has 1 aliphatic rings. The molecule has 0 aromatic heterocycles. The van der Waals surface area contributed by atoms with Gasteiger partial charge in [-0.05, 0) is 32.5 Å². The van der Waals surface area contributed by atoms with E-state index in [4.69, 9.17) is 4.74 Å². The van der Waals surface area contributed by atoms with Crippen LogP contribution in [0.25, 0.3) is 0 Å². The van der Waals surface area contributed by atoms with Gasteiger partial charge in [0.05, 0.1) is 13.0 Å². The number of amides is 1. The molecule has 0 spiro atoms. The number of likely N-dealkylation sites (tertiary alicyclic amines) is 1. The summed E-state index contributed by atoms with van der Waals surface area (Å²) in [6.45, 7) is 2.57. The molecule has 1 aromatic carbocycles. The van der Waals surface area contributed by atoms with Crippen molar-refractivity contribution in [2.75, 3.05) is 34.3 Å². The summed E-state index contributed by atoms with van der Waals surface area (Å²) in [6, 6.07) is 7.86. The number of piperidine rings is 1. The van der Waals surface area contributed by atoms with Gasteiger partial charge in [-0.15, -0.1) is 0 Å². The third-order valence-electron chi connectivity index (χ3n) is 3.95. The Kier molecular flexibility index (Phi) is 5.01. The number of methoxy groups -OCH3 is 1. The molecule has 1 fully saturated rings. The van der Waals surface area contributed by atoms with Gasteiger partial charge in [-0.3, -0.25) is 4.79 Å². The maximum Gasteiger partial charge on any atom is 0.227 e. The van der Waals surface area contributed by atoms with Crippen molar-refractivity contribution in [2.45, 2.75) is 19.4 Å². The molecule has 4 nitrogen and oxygen atoms in total. The van der Waals surface area contributed by atoms with E-state index in [1.165, 1.54) is 0 Å². The lowest BCUT2D eigenvalue weighted by Gasteiger charge is -2.31. The lowest BCUT2D eigenvalue weighted by Crippen LogP contribution is -2.41. The Labute approximate surface area is 121 Å². The maximum atomic E-state index is 12.5. The van der Waals surface area contributed by atoms with Crippen LogP contribution in [0.2, 0.25) is 0 Å². The average Bonchev–Trinajstić information content (AvgIpc) is 2.47. The zero-order chi connectivity index (χ0) is 14.5. The second kappa shape index (κ2) is 6.75. The molecule has 0 N–H and O–H groups in total. The molecule has 4 heteroatoms. The molecule has 0 unspecified atom stereocenters. The number of ether oxygens (including phenoxy) is 1. The smallest absolute Gasteiger partial charge is 0.227 e. The first-order chi connectivity index (χ1) is 9.61. The molecule has 1 amide bonds. The van der Waals surface area contributed by atoms with E-state index in [-0.39, 0.29) is 11.8 Å².